The lowest BCUT2D eigenvalue weighted by atomic mass is 9.79. The van der Waals surface area contributed by atoms with E-state index in [1.165, 1.54) is 177 Å². The molecule has 2 aliphatic rings. The molecule has 2 heterocycles. The van der Waals surface area contributed by atoms with Crippen molar-refractivity contribution in [1.82, 2.24) is 9.13 Å². The van der Waals surface area contributed by atoms with Gasteiger partial charge in [0.25, 0.3) is 0 Å². The Morgan fingerprint density at radius 2 is 0.522 bits per heavy atom. The molecule has 0 saturated carbocycles. The summed E-state index contributed by atoms with van der Waals surface area (Å²) in [5, 5.41) is 10.0. The zero-order valence-electron chi connectivity index (χ0n) is 51.9. The van der Waals surface area contributed by atoms with E-state index < -0.39 is 0 Å². The maximum absolute atomic E-state index is 2.47. The van der Waals surface area contributed by atoms with Gasteiger partial charge >= 0.3 is 0 Å². The number of nitrogens with zero attached hydrogens (tertiary/aromatic N) is 2. The van der Waals surface area contributed by atoms with Gasteiger partial charge in [-0.15, -0.1) is 0 Å². The summed E-state index contributed by atoms with van der Waals surface area (Å²) in [5.41, 5.74) is 29.9. The third-order valence-corrected chi connectivity index (χ3v) is 20.5. The molecule has 0 unspecified atom stereocenters. The number of para-hydroxylation sites is 2. The summed E-state index contributed by atoms with van der Waals surface area (Å²) in [6.07, 6.45) is 8.97. The van der Waals surface area contributed by atoms with Crippen molar-refractivity contribution in [2.45, 2.75) is 38.5 Å². The van der Waals surface area contributed by atoms with Crippen molar-refractivity contribution < 1.29 is 0 Å². The molecule has 0 spiro atoms. The second-order valence-electron chi connectivity index (χ2n) is 26.5. The van der Waals surface area contributed by atoms with E-state index in [1.807, 2.05) is 0 Å². The van der Waals surface area contributed by atoms with Gasteiger partial charge in [0.15, 0.2) is 0 Å². The molecule has 0 bridgehead atoms. The van der Waals surface area contributed by atoms with E-state index in [1.54, 1.807) is 0 Å². The number of aromatic nitrogens is 2. The SMILES string of the molecule is CC1(C)c2cc(-c3ccc(C=Cc4ccc5c(c4)c4ccccc4n5-c4cccc5ccccc45)cc3)ccc2-c2ccc(-c3ccc4c(c3)C(C)(C)c3cc(-c5ccc(C=Cc6ccc7c(c6)c6ccccc6n7-c6cccc7ccccc67)cc5)ccc3-4)cc21. The van der Waals surface area contributed by atoms with Crippen molar-refractivity contribution in [3.63, 3.8) is 0 Å². The first-order chi connectivity index (χ1) is 45.1. The summed E-state index contributed by atoms with van der Waals surface area (Å²) in [4.78, 5) is 0. The van der Waals surface area contributed by atoms with E-state index in [0.29, 0.717) is 0 Å². The highest BCUT2D eigenvalue weighted by molar-refractivity contribution is 6.13. The van der Waals surface area contributed by atoms with Crippen LogP contribution < -0.4 is 0 Å². The first-order valence-corrected chi connectivity index (χ1v) is 32.3. The molecule has 0 N–H and O–H groups in total. The molecule has 0 saturated heterocycles. The third kappa shape index (κ3) is 8.48. The van der Waals surface area contributed by atoms with Gasteiger partial charge in [-0.05, 0) is 184 Å². The third-order valence-electron chi connectivity index (χ3n) is 20.5. The van der Waals surface area contributed by atoms with E-state index >= 15 is 0 Å². The van der Waals surface area contributed by atoms with Crippen LogP contribution in [0.15, 0.2) is 291 Å². The molecule has 2 heteroatoms. The van der Waals surface area contributed by atoms with Gasteiger partial charge in [-0.25, -0.2) is 0 Å². The van der Waals surface area contributed by atoms with Crippen molar-refractivity contribution in [2.24, 2.45) is 0 Å². The van der Waals surface area contributed by atoms with Gasteiger partial charge in [-0.2, -0.15) is 0 Å². The zero-order valence-corrected chi connectivity index (χ0v) is 51.9. The monoisotopic (exact) mass is 1170 g/mol. The molecule has 0 amide bonds. The van der Waals surface area contributed by atoms with Crippen LogP contribution in [0.3, 0.4) is 0 Å². The minimum absolute atomic E-state index is 0.170. The van der Waals surface area contributed by atoms with E-state index in [4.69, 9.17) is 0 Å². The van der Waals surface area contributed by atoms with Gasteiger partial charge < -0.3 is 9.13 Å². The molecule has 2 aliphatic carbocycles. The van der Waals surface area contributed by atoms with Crippen LogP contribution in [0.25, 0.3) is 156 Å². The first-order valence-electron chi connectivity index (χ1n) is 32.3. The van der Waals surface area contributed by atoms with Crippen molar-refractivity contribution in [3.05, 3.63) is 336 Å². The Morgan fingerprint density at radius 1 is 0.228 bits per heavy atom. The molecule has 2 aromatic heterocycles. The van der Waals surface area contributed by atoms with Crippen LogP contribution in [0.5, 0.6) is 0 Å². The number of hydrogen-bond donors (Lipinski definition) is 0. The smallest absolute Gasteiger partial charge is 0.0541 e. The molecule has 18 rings (SSSR count). The predicted molar refractivity (Wildman–Crippen MR) is 392 cm³/mol. The van der Waals surface area contributed by atoms with E-state index in [-0.39, 0.29) is 10.8 Å². The lowest BCUT2D eigenvalue weighted by Crippen LogP contribution is -2.15. The normalized spacial score (nSPS) is 13.7. The lowest BCUT2D eigenvalue weighted by molar-refractivity contribution is 0.660. The molecule has 0 aliphatic heterocycles. The number of hydrogen-bond acceptors (Lipinski definition) is 0. The van der Waals surface area contributed by atoms with Gasteiger partial charge in [-0.1, -0.05) is 270 Å². The molecule has 434 valence electrons. The van der Waals surface area contributed by atoms with Crippen LogP contribution in [-0.2, 0) is 10.8 Å². The average molecular weight is 1170 g/mol. The van der Waals surface area contributed by atoms with E-state index in [0.717, 1.165) is 0 Å². The van der Waals surface area contributed by atoms with E-state index in [2.05, 4.69) is 352 Å². The minimum Gasteiger partial charge on any atom is -0.309 e. The highest BCUT2D eigenvalue weighted by atomic mass is 15.0. The quantitative estimate of drug-likeness (QED) is 0.128. The molecule has 92 heavy (non-hydrogen) atoms. The number of rotatable bonds is 9. The molecular formula is C90H64N2. The molecule has 0 radical (unpaired) electrons. The first kappa shape index (κ1) is 53.7. The van der Waals surface area contributed by atoms with Crippen LogP contribution in [0.4, 0.5) is 0 Å². The van der Waals surface area contributed by atoms with Crippen molar-refractivity contribution >= 4 is 89.5 Å². The van der Waals surface area contributed by atoms with Crippen LogP contribution in [-0.4, -0.2) is 9.13 Å². The van der Waals surface area contributed by atoms with Crippen LogP contribution >= 0.6 is 0 Å². The van der Waals surface area contributed by atoms with Gasteiger partial charge in [0.05, 0.1) is 33.4 Å². The van der Waals surface area contributed by atoms with Gasteiger partial charge in [-0.3, -0.25) is 0 Å². The lowest BCUT2D eigenvalue weighted by Gasteiger charge is -2.24. The molecule has 0 atom stereocenters. The van der Waals surface area contributed by atoms with Crippen molar-refractivity contribution in [2.75, 3.05) is 0 Å². The fourth-order valence-corrected chi connectivity index (χ4v) is 15.7. The Kier molecular flexibility index (Phi) is 12.0. The van der Waals surface area contributed by atoms with Gasteiger partial charge in [0.2, 0.25) is 0 Å². The summed E-state index contributed by atoms with van der Waals surface area (Å²) in [6, 6.07) is 108. The van der Waals surface area contributed by atoms with Crippen LogP contribution in [0.2, 0.25) is 0 Å². The fourth-order valence-electron chi connectivity index (χ4n) is 15.7. The van der Waals surface area contributed by atoms with Gasteiger partial charge in [0, 0.05) is 43.1 Å². The van der Waals surface area contributed by atoms with Crippen molar-refractivity contribution in [3.8, 4) is 67.0 Å². The molecule has 16 aromatic rings. The Balaban J connectivity index is 0.568. The van der Waals surface area contributed by atoms with E-state index in [9.17, 15) is 0 Å². The fraction of sp³-hybridized carbons (Fsp3) is 0.0667. The van der Waals surface area contributed by atoms with Crippen LogP contribution in [0.1, 0.15) is 72.2 Å². The maximum Gasteiger partial charge on any atom is 0.0541 e. The second kappa shape index (κ2) is 20.6. The average Bonchev–Trinajstić information content (AvgIpc) is 1.64. The topological polar surface area (TPSA) is 9.86 Å². The van der Waals surface area contributed by atoms with Crippen molar-refractivity contribution in [1.29, 1.82) is 0 Å². The Hall–Kier alpha value is -11.3. The standard InChI is InChI=1S/C90H64N2/c1-89(2)79-53-65(61-37-31-57(32-38-61)27-29-59-35-49-87-77(51-59)75-21-9-11-23-85(75)91(87)83-25-13-17-63-15-5-7-19-69(63)83)41-45-71(79)73-47-43-67(55-81(73)89)68-44-48-74-72-46-42-66(54-80(72)90(3,4)82(74)56-68)62-39-33-58(34-40-62)28-30-60-36-50-88-78(52-60)76-22-10-12-24-86(76)92(88)84-26-14-18-64-16-6-8-20-70(64)84/h5-56H,1-4H3. The molecule has 0 fully saturated rings. The Bertz CT molecular complexity index is 5430. The highest BCUT2D eigenvalue weighted by Crippen LogP contribution is 2.53. The van der Waals surface area contributed by atoms with Crippen LogP contribution in [0, 0.1) is 0 Å². The minimum atomic E-state index is -0.170. The largest absolute Gasteiger partial charge is 0.309 e. The summed E-state index contributed by atoms with van der Waals surface area (Å²) in [7, 11) is 0. The molecule has 2 nitrogen and oxygen atoms in total. The summed E-state index contributed by atoms with van der Waals surface area (Å²) < 4.78 is 4.85. The predicted octanol–water partition coefficient (Wildman–Crippen LogP) is 24.1. The Labute approximate surface area is 536 Å². The summed E-state index contributed by atoms with van der Waals surface area (Å²) in [6.45, 7) is 9.60. The number of fused-ring (bicyclic) bond motifs is 14. The molecule has 14 aromatic carbocycles. The summed E-state index contributed by atoms with van der Waals surface area (Å²) in [5.74, 6) is 0. The zero-order chi connectivity index (χ0) is 61.4. The highest BCUT2D eigenvalue weighted by Gasteiger charge is 2.38. The Morgan fingerprint density at radius 3 is 0.913 bits per heavy atom. The number of benzene rings is 14. The van der Waals surface area contributed by atoms with Gasteiger partial charge in [0.1, 0.15) is 0 Å². The molecular weight excluding hydrogens is 1110 g/mol. The summed E-state index contributed by atoms with van der Waals surface area (Å²) >= 11 is 0. The second-order valence-corrected chi connectivity index (χ2v) is 26.5. The maximum atomic E-state index is 2.47.